The van der Waals surface area contributed by atoms with Crippen LogP contribution in [0.4, 0.5) is 5.69 Å². The second-order valence-electron chi connectivity index (χ2n) is 2.87. The Bertz CT molecular complexity index is 386. The highest BCUT2D eigenvalue weighted by Gasteiger charge is 2.12. The van der Waals surface area contributed by atoms with E-state index in [1.54, 1.807) is 12.1 Å². The van der Waals surface area contributed by atoms with Gasteiger partial charge in [-0.15, -0.1) is 0 Å². The lowest BCUT2D eigenvalue weighted by Crippen LogP contribution is -1.97. The van der Waals surface area contributed by atoms with Crippen molar-refractivity contribution in [1.82, 2.24) is 0 Å². The highest BCUT2D eigenvalue weighted by atomic mass is 32.2. The van der Waals surface area contributed by atoms with E-state index < -0.39 is 0 Å². The number of ether oxygens (including phenoxy) is 1. The quantitative estimate of drug-likeness (QED) is 0.524. The molecule has 0 radical (unpaired) electrons. The van der Waals surface area contributed by atoms with Crippen molar-refractivity contribution in [2.24, 2.45) is 4.99 Å². The van der Waals surface area contributed by atoms with Crippen LogP contribution in [0.25, 0.3) is 0 Å². The minimum atomic E-state index is 0.583. The van der Waals surface area contributed by atoms with Crippen LogP contribution in [0, 0.1) is 0 Å². The van der Waals surface area contributed by atoms with Crippen LogP contribution in [-0.4, -0.2) is 18.4 Å². The van der Waals surface area contributed by atoms with Crippen molar-refractivity contribution in [3.05, 3.63) is 23.8 Å². The summed E-state index contributed by atoms with van der Waals surface area (Å²) < 4.78 is 5.54. The fourth-order valence-corrected chi connectivity index (χ4v) is 2.17. The molecule has 1 aromatic carbocycles. The van der Waals surface area contributed by atoms with Gasteiger partial charge < -0.3 is 4.74 Å². The number of carbonyl (C=O) groups excluding carboxylic acids is 1. The Balaban J connectivity index is 2.47. The Kier molecular flexibility index (Phi) is 2.87. The van der Waals surface area contributed by atoms with Crippen LogP contribution in [0.5, 0.6) is 5.75 Å². The first-order valence-electron chi connectivity index (χ1n) is 4.32. The molecule has 2 rings (SSSR count). The molecule has 14 heavy (non-hydrogen) atoms. The lowest BCUT2D eigenvalue weighted by atomic mass is 10.2. The lowest BCUT2D eigenvalue weighted by Gasteiger charge is -2.07. The minimum absolute atomic E-state index is 0.583. The summed E-state index contributed by atoms with van der Waals surface area (Å²) in [4.78, 5) is 13.8. The van der Waals surface area contributed by atoms with Gasteiger partial charge in [-0.2, -0.15) is 16.8 Å². The second-order valence-corrected chi connectivity index (χ2v) is 3.97. The Hall–Kier alpha value is -1.25. The molecule has 1 aliphatic rings. The Labute approximate surface area is 86.2 Å². The fourth-order valence-electron chi connectivity index (χ4n) is 1.37. The van der Waals surface area contributed by atoms with E-state index in [0.717, 1.165) is 22.8 Å². The third-order valence-corrected chi connectivity index (χ3v) is 2.94. The predicted octanol–water partition coefficient (Wildman–Crippen LogP) is 2.28. The van der Waals surface area contributed by atoms with E-state index >= 15 is 0 Å². The zero-order valence-electron chi connectivity index (χ0n) is 7.53. The van der Waals surface area contributed by atoms with Crippen LogP contribution in [0.1, 0.15) is 5.56 Å². The molecule has 0 fully saturated rings. The monoisotopic (exact) mass is 207 g/mol. The number of para-hydroxylation sites is 1. The first kappa shape index (κ1) is 9.31. The van der Waals surface area contributed by atoms with E-state index in [1.165, 1.54) is 0 Å². The highest BCUT2D eigenvalue weighted by Crippen LogP contribution is 2.35. The molecule has 1 aliphatic heterocycles. The van der Waals surface area contributed by atoms with Gasteiger partial charge in [0.1, 0.15) is 11.4 Å². The van der Waals surface area contributed by atoms with Crippen molar-refractivity contribution in [3.8, 4) is 5.75 Å². The fraction of sp³-hybridized carbons (Fsp3) is 0.300. The molecule has 0 unspecified atom stereocenters. The summed E-state index contributed by atoms with van der Waals surface area (Å²) in [6, 6.07) is 5.64. The molecule has 0 bridgehead atoms. The van der Waals surface area contributed by atoms with E-state index in [2.05, 4.69) is 4.99 Å². The number of hydrogen-bond acceptors (Lipinski definition) is 4. The van der Waals surface area contributed by atoms with Gasteiger partial charge in [-0.3, -0.25) is 0 Å². The first-order chi connectivity index (χ1) is 6.92. The molecule has 0 aromatic heterocycles. The summed E-state index contributed by atoms with van der Waals surface area (Å²) >= 11 is 1.82. The SMILES string of the molecule is O=C=Nc1cccc2c1OCCSC2. The molecule has 72 valence electrons. The minimum Gasteiger partial charge on any atom is -0.490 e. The van der Waals surface area contributed by atoms with E-state index in [4.69, 9.17) is 4.74 Å². The molecule has 0 aliphatic carbocycles. The van der Waals surface area contributed by atoms with E-state index in [1.807, 2.05) is 23.9 Å². The number of fused-ring (bicyclic) bond motifs is 1. The van der Waals surface area contributed by atoms with Crippen LogP contribution in [-0.2, 0) is 10.5 Å². The topological polar surface area (TPSA) is 38.7 Å². The average molecular weight is 207 g/mol. The summed E-state index contributed by atoms with van der Waals surface area (Å²) in [6.45, 7) is 0.670. The third-order valence-electron chi connectivity index (χ3n) is 1.97. The standard InChI is InChI=1S/C10H9NO2S/c12-7-11-9-3-1-2-8-6-14-5-4-13-10(8)9/h1-3H,4-6H2. The van der Waals surface area contributed by atoms with Crippen molar-refractivity contribution in [3.63, 3.8) is 0 Å². The van der Waals surface area contributed by atoms with Gasteiger partial charge in [-0.25, -0.2) is 4.79 Å². The van der Waals surface area contributed by atoms with Gasteiger partial charge in [0.15, 0.2) is 0 Å². The van der Waals surface area contributed by atoms with Crippen molar-refractivity contribution in [1.29, 1.82) is 0 Å². The molecule has 0 spiro atoms. The van der Waals surface area contributed by atoms with Crippen molar-refractivity contribution < 1.29 is 9.53 Å². The van der Waals surface area contributed by atoms with Crippen molar-refractivity contribution >= 4 is 23.5 Å². The van der Waals surface area contributed by atoms with Crippen LogP contribution in [0.2, 0.25) is 0 Å². The molecular formula is C10H9NO2S. The molecular weight excluding hydrogens is 198 g/mol. The van der Waals surface area contributed by atoms with Crippen molar-refractivity contribution in [2.45, 2.75) is 5.75 Å². The van der Waals surface area contributed by atoms with Crippen LogP contribution in [0.15, 0.2) is 23.2 Å². The Morgan fingerprint density at radius 1 is 1.50 bits per heavy atom. The van der Waals surface area contributed by atoms with Gasteiger partial charge in [0.2, 0.25) is 6.08 Å². The zero-order chi connectivity index (χ0) is 9.80. The summed E-state index contributed by atoms with van der Waals surface area (Å²) in [5.41, 5.74) is 1.68. The first-order valence-corrected chi connectivity index (χ1v) is 5.47. The van der Waals surface area contributed by atoms with Crippen LogP contribution < -0.4 is 4.74 Å². The second kappa shape index (κ2) is 4.31. The Morgan fingerprint density at radius 2 is 2.43 bits per heavy atom. The summed E-state index contributed by atoms with van der Waals surface area (Å²) in [7, 11) is 0. The molecule has 0 saturated heterocycles. The van der Waals surface area contributed by atoms with Gasteiger partial charge in [-0.05, 0) is 6.07 Å². The van der Waals surface area contributed by atoms with Gasteiger partial charge in [0, 0.05) is 17.1 Å². The van der Waals surface area contributed by atoms with Crippen molar-refractivity contribution in [2.75, 3.05) is 12.4 Å². The van der Waals surface area contributed by atoms with Crippen LogP contribution in [0.3, 0.4) is 0 Å². The lowest BCUT2D eigenvalue weighted by molar-refractivity contribution is 0.345. The Morgan fingerprint density at radius 3 is 3.29 bits per heavy atom. The smallest absolute Gasteiger partial charge is 0.240 e. The average Bonchev–Trinajstić information content (AvgIpc) is 2.44. The maximum absolute atomic E-state index is 10.2. The number of aliphatic imine (C=N–C) groups is 1. The third kappa shape index (κ3) is 1.81. The number of nitrogens with zero attached hydrogens (tertiary/aromatic N) is 1. The number of benzene rings is 1. The number of hydrogen-bond donors (Lipinski definition) is 0. The number of rotatable bonds is 1. The van der Waals surface area contributed by atoms with E-state index in [0.29, 0.717) is 12.3 Å². The molecule has 0 atom stereocenters. The molecule has 0 amide bonds. The summed E-state index contributed by atoms with van der Waals surface area (Å²) in [5.74, 6) is 2.62. The molecule has 4 heteroatoms. The number of isocyanates is 1. The summed E-state index contributed by atoms with van der Waals surface area (Å²) in [6.07, 6.45) is 1.54. The maximum atomic E-state index is 10.2. The maximum Gasteiger partial charge on any atom is 0.240 e. The summed E-state index contributed by atoms with van der Waals surface area (Å²) in [5, 5.41) is 0. The molecule has 0 N–H and O–H groups in total. The van der Waals surface area contributed by atoms with Crippen LogP contribution >= 0.6 is 11.8 Å². The van der Waals surface area contributed by atoms with Gasteiger partial charge in [-0.1, -0.05) is 12.1 Å². The van der Waals surface area contributed by atoms with Gasteiger partial charge in [0.05, 0.1) is 6.61 Å². The van der Waals surface area contributed by atoms with Gasteiger partial charge >= 0.3 is 0 Å². The van der Waals surface area contributed by atoms with E-state index in [9.17, 15) is 4.79 Å². The predicted molar refractivity (Wildman–Crippen MR) is 55.9 cm³/mol. The largest absolute Gasteiger partial charge is 0.490 e. The number of thioether (sulfide) groups is 1. The molecule has 0 saturated carbocycles. The van der Waals surface area contributed by atoms with Gasteiger partial charge in [0.25, 0.3) is 0 Å². The molecule has 3 nitrogen and oxygen atoms in total. The highest BCUT2D eigenvalue weighted by molar-refractivity contribution is 7.98. The zero-order valence-corrected chi connectivity index (χ0v) is 8.34. The molecule has 1 heterocycles. The van der Waals surface area contributed by atoms with E-state index in [-0.39, 0.29) is 0 Å². The normalized spacial score (nSPS) is 14.6. The molecule has 1 aromatic rings.